The molecule has 1 heterocycles. The van der Waals surface area contributed by atoms with E-state index in [4.69, 9.17) is 4.74 Å². The van der Waals surface area contributed by atoms with Gasteiger partial charge in [0, 0.05) is 16.1 Å². The summed E-state index contributed by atoms with van der Waals surface area (Å²) >= 11 is 4.26. The van der Waals surface area contributed by atoms with Crippen molar-refractivity contribution in [2.75, 3.05) is 11.9 Å². The van der Waals surface area contributed by atoms with E-state index < -0.39 is 24.3 Å². The Bertz CT molecular complexity index is 1010. The van der Waals surface area contributed by atoms with Gasteiger partial charge in [0.15, 0.2) is 6.61 Å². The van der Waals surface area contributed by atoms with Gasteiger partial charge in [-0.05, 0) is 36.4 Å². The predicted molar refractivity (Wildman–Crippen MR) is 100 cm³/mol. The highest BCUT2D eigenvalue weighted by Gasteiger charge is 2.10. The number of fused-ring (bicyclic) bond motifs is 1. The molecular formula is C17H11BrFN3O3S. The molecule has 6 nitrogen and oxygen atoms in total. The molecule has 26 heavy (non-hydrogen) atoms. The number of aromatic nitrogens is 2. The van der Waals surface area contributed by atoms with Gasteiger partial charge in [0.1, 0.15) is 16.9 Å². The van der Waals surface area contributed by atoms with Crippen LogP contribution >= 0.6 is 27.7 Å². The molecule has 0 aliphatic carbocycles. The first-order valence-electron chi connectivity index (χ1n) is 7.34. The highest BCUT2D eigenvalue weighted by molar-refractivity contribution is 9.10. The lowest BCUT2D eigenvalue weighted by atomic mass is 10.2. The van der Waals surface area contributed by atoms with Gasteiger partial charge < -0.3 is 10.1 Å². The Morgan fingerprint density at radius 1 is 1.27 bits per heavy atom. The molecule has 0 bridgehead atoms. The summed E-state index contributed by atoms with van der Waals surface area (Å²) in [5.74, 6) is -1.74. The van der Waals surface area contributed by atoms with Crippen LogP contribution in [-0.2, 0) is 14.3 Å². The van der Waals surface area contributed by atoms with Crippen molar-refractivity contribution in [3.63, 3.8) is 0 Å². The number of hydrogen-bond donors (Lipinski definition) is 1. The number of carbonyl (C=O) groups excluding carboxylic acids is 2. The molecule has 0 unspecified atom stereocenters. The third-order valence-electron chi connectivity index (χ3n) is 3.26. The zero-order valence-corrected chi connectivity index (χ0v) is 15.5. The predicted octanol–water partition coefficient (Wildman–Crippen LogP) is 3.79. The molecule has 1 aromatic heterocycles. The van der Waals surface area contributed by atoms with E-state index in [2.05, 4.69) is 30.0 Å². The number of halogens is 2. The lowest BCUT2D eigenvalue weighted by molar-refractivity contribution is -0.142. The minimum atomic E-state index is -0.756. The van der Waals surface area contributed by atoms with Crippen molar-refractivity contribution in [2.24, 2.45) is 0 Å². The summed E-state index contributed by atoms with van der Waals surface area (Å²) in [5, 5.41) is 2.61. The molecule has 3 aromatic rings. The Kier molecular flexibility index (Phi) is 5.69. The SMILES string of the molecule is O=C(COC(=O)C=Cc1cc(Br)ccc1F)Nc1cccc2nsnc12. The van der Waals surface area contributed by atoms with Crippen molar-refractivity contribution in [1.82, 2.24) is 8.75 Å². The van der Waals surface area contributed by atoms with E-state index in [0.717, 1.165) is 17.8 Å². The minimum Gasteiger partial charge on any atom is -0.452 e. The fraction of sp³-hybridized carbons (Fsp3) is 0.0588. The maximum absolute atomic E-state index is 13.6. The third-order valence-corrected chi connectivity index (χ3v) is 4.30. The minimum absolute atomic E-state index is 0.225. The highest BCUT2D eigenvalue weighted by atomic mass is 79.9. The summed E-state index contributed by atoms with van der Waals surface area (Å²) in [7, 11) is 0. The van der Waals surface area contributed by atoms with E-state index in [1.165, 1.54) is 18.2 Å². The van der Waals surface area contributed by atoms with Crippen molar-refractivity contribution >= 4 is 62.3 Å². The second-order valence-electron chi connectivity index (χ2n) is 5.09. The van der Waals surface area contributed by atoms with Crippen LogP contribution in [0.3, 0.4) is 0 Å². The van der Waals surface area contributed by atoms with Gasteiger partial charge in [-0.1, -0.05) is 22.0 Å². The molecule has 0 atom stereocenters. The fourth-order valence-corrected chi connectivity index (χ4v) is 3.01. The molecule has 3 rings (SSSR count). The van der Waals surface area contributed by atoms with Gasteiger partial charge in [0.2, 0.25) is 0 Å². The summed E-state index contributed by atoms with van der Waals surface area (Å²) in [6, 6.07) is 9.54. The molecule has 2 aromatic carbocycles. The van der Waals surface area contributed by atoms with Crippen molar-refractivity contribution in [3.05, 3.63) is 58.3 Å². The molecule has 9 heteroatoms. The summed E-state index contributed by atoms with van der Waals surface area (Å²) in [6.07, 6.45) is 2.34. The molecule has 0 saturated carbocycles. The van der Waals surface area contributed by atoms with E-state index in [1.54, 1.807) is 24.3 Å². The summed E-state index contributed by atoms with van der Waals surface area (Å²) in [5.41, 5.74) is 1.96. The number of nitrogens with one attached hydrogen (secondary N) is 1. The van der Waals surface area contributed by atoms with Crippen LogP contribution in [0.5, 0.6) is 0 Å². The molecule has 0 radical (unpaired) electrons. The van der Waals surface area contributed by atoms with Gasteiger partial charge in [-0.2, -0.15) is 8.75 Å². The number of rotatable bonds is 5. The van der Waals surface area contributed by atoms with Crippen molar-refractivity contribution in [3.8, 4) is 0 Å². The average molecular weight is 436 g/mol. The first kappa shape index (κ1) is 18.2. The maximum atomic E-state index is 13.6. The number of nitrogens with zero attached hydrogens (tertiary/aromatic N) is 2. The van der Waals surface area contributed by atoms with Crippen LogP contribution in [0.1, 0.15) is 5.56 Å². The summed E-state index contributed by atoms with van der Waals surface area (Å²) in [4.78, 5) is 23.6. The normalized spacial score (nSPS) is 11.0. The Balaban J connectivity index is 1.56. The van der Waals surface area contributed by atoms with Gasteiger partial charge in [-0.25, -0.2) is 9.18 Å². The van der Waals surface area contributed by atoms with Gasteiger partial charge in [-0.15, -0.1) is 0 Å². The zero-order valence-electron chi connectivity index (χ0n) is 13.1. The first-order valence-corrected chi connectivity index (χ1v) is 8.86. The number of benzene rings is 2. The van der Waals surface area contributed by atoms with E-state index >= 15 is 0 Å². The largest absolute Gasteiger partial charge is 0.452 e. The lowest BCUT2D eigenvalue weighted by Gasteiger charge is -2.05. The quantitative estimate of drug-likeness (QED) is 0.486. The number of anilines is 1. The zero-order chi connectivity index (χ0) is 18.5. The Morgan fingerprint density at radius 2 is 2.12 bits per heavy atom. The van der Waals surface area contributed by atoms with Crippen molar-refractivity contribution in [2.45, 2.75) is 0 Å². The molecule has 132 valence electrons. The smallest absolute Gasteiger partial charge is 0.331 e. The van der Waals surface area contributed by atoms with Crippen LogP contribution < -0.4 is 5.32 Å². The van der Waals surface area contributed by atoms with Crippen molar-refractivity contribution < 1.29 is 18.7 Å². The second kappa shape index (κ2) is 8.15. The van der Waals surface area contributed by atoms with E-state index in [0.29, 0.717) is 21.2 Å². The van der Waals surface area contributed by atoms with Crippen LogP contribution in [0.25, 0.3) is 17.1 Å². The second-order valence-corrected chi connectivity index (χ2v) is 6.54. The standard InChI is InChI=1S/C17H11BrFN3O3S/c18-11-5-6-12(19)10(8-11)4-7-16(24)25-9-15(23)20-13-2-1-3-14-17(13)22-26-21-14/h1-8H,9H2,(H,20,23). The number of carbonyl (C=O) groups is 2. The third kappa shape index (κ3) is 4.50. The van der Waals surface area contributed by atoms with Crippen LogP contribution in [0.15, 0.2) is 46.9 Å². The van der Waals surface area contributed by atoms with Crippen LogP contribution in [0, 0.1) is 5.82 Å². The molecule has 0 aliphatic rings. The van der Waals surface area contributed by atoms with Gasteiger partial charge >= 0.3 is 5.97 Å². The number of hydrogen-bond acceptors (Lipinski definition) is 6. The summed E-state index contributed by atoms with van der Waals surface area (Å²) in [6.45, 7) is -0.474. The Morgan fingerprint density at radius 3 is 2.96 bits per heavy atom. The van der Waals surface area contributed by atoms with Gasteiger partial charge in [-0.3, -0.25) is 4.79 Å². The van der Waals surface area contributed by atoms with E-state index in [9.17, 15) is 14.0 Å². The molecule has 0 saturated heterocycles. The van der Waals surface area contributed by atoms with Crippen molar-refractivity contribution in [1.29, 1.82) is 0 Å². The molecule has 0 aliphatic heterocycles. The Labute approximate surface area is 160 Å². The molecule has 1 N–H and O–H groups in total. The highest BCUT2D eigenvalue weighted by Crippen LogP contribution is 2.21. The molecule has 1 amide bonds. The van der Waals surface area contributed by atoms with Gasteiger partial charge in [0.05, 0.1) is 17.4 Å². The van der Waals surface area contributed by atoms with Gasteiger partial charge in [0.25, 0.3) is 5.91 Å². The molecule has 0 fully saturated rings. The fourth-order valence-electron chi connectivity index (χ4n) is 2.08. The monoisotopic (exact) mass is 435 g/mol. The number of amides is 1. The van der Waals surface area contributed by atoms with E-state index in [-0.39, 0.29) is 5.56 Å². The lowest BCUT2D eigenvalue weighted by Crippen LogP contribution is -2.20. The Hall–Kier alpha value is -2.65. The van der Waals surface area contributed by atoms with Crippen LogP contribution in [-0.4, -0.2) is 27.2 Å². The van der Waals surface area contributed by atoms with Crippen LogP contribution in [0.2, 0.25) is 0 Å². The average Bonchev–Trinajstić information content (AvgIpc) is 3.10. The summed E-state index contributed by atoms with van der Waals surface area (Å²) < 4.78 is 27.3. The molecular weight excluding hydrogens is 425 g/mol. The van der Waals surface area contributed by atoms with E-state index in [1.807, 2.05) is 0 Å². The van der Waals surface area contributed by atoms with Crippen LogP contribution in [0.4, 0.5) is 10.1 Å². The topological polar surface area (TPSA) is 81.2 Å². The molecule has 0 spiro atoms. The maximum Gasteiger partial charge on any atom is 0.331 e. The first-order chi connectivity index (χ1) is 12.5. The number of esters is 1. The number of ether oxygens (including phenoxy) is 1.